The quantitative estimate of drug-likeness (QED) is 0.543. The maximum absolute atomic E-state index is 11.0. The third-order valence-corrected chi connectivity index (χ3v) is 1.12. The molecule has 0 aliphatic heterocycles. The smallest absolute Gasteiger partial charge is 0.237 e. The Morgan fingerprint density at radius 2 is 1.78 bits per heavy atom. The molecular formula is C6H13NOS. The molecule has 0 aromatic rings. The molecule has 0 aliphatic carbocycles. The molecule has 0 aromatic carbocycles. The standard InChI is InChI=1S/C6H13NOS/c1-6(2,9)5(8)7(3)4/h9H,1-4H3. The number of amides is 1. The van der Waals surface area contributed by atoms with Crippen molar-refractivity contribution in [3.63, 3.8) is 0 Å². The van der Waals surface area contributed by atoms with Crippen LogP contribution >= 0.6 is 12.6 Å². The zero-order chi connectivity index (χ0) is 7.65. The van der Waals surface area contributed by atoms with Crippen molar-refractivity contribution in [3.8, 4) is 0 Å². The summed E-state index contributed by atoms with van der Waals surface area (Å²) in [5.74, 6) is 0.0332. The maximum atomic E-state index is 11.0. The van der Waals surface area contributed by atoms with Crippen molar-refractivity contribution < 1.29 is 4.79 Å². The zero-order valence-electron chi connectivity index (χ0n) is 6.30. The van der Waals surface area contributed by atoms with E-state index in [1.807, 2.05) is 0 Å². The summed E-state index contributed by atoms with van der Waals surface area (Å²) in [5.41, 5.74) is 0. The summed E-state index contributed by atoms with van der Waals surface area (Å²) in [7, 11) is 3.45. The van der Waals surface area contributed by atoms with E-state index < -0.39 is 4.75 Å². The highest BCUT2D eigenvalue weighted by Crippen LogP contribution is 2.13. The van der Waals surface area contributed by atoms with Crippen molar-refractivity contribution in [1.29, 1.82) is 0 Å². The summed E-state index contributed by atoms with van der Waals surface area (Å²) in [4.78, 5) is 12.5. The average molecular weight is 147 g/mol. The van der Waals surface area contributed by atoms with E-state index in [2.05, 4.69) is 12.6 Å². The van der Waals surface area contributed by atoms with Crippen LogP contribution in [0.15, 0.2) is 0 Å². The number of nitrogens with zero attached hydrogens (tertiary/aromatic N) is 1. The van der Waals surface area contributed by atoms with Gasteiger partial charge in [0, 0.05) is 14.1 Å². The molecule has 0 aromatic heterocycles. The second kappa shape index (κ2) is 2.60. The predicted octanol–water partition coefficient (Wildman–Crippen LogP) is 0.783. The van der Waals surface area contributed by atoms with Crippen molar-refractivity contribution in [1.82, 2.24) is 4.90 Å². The number of hydrogen-bond acceptors (Lipinski definition) is 2. The first-order valence-electron chi connectivity index (χ1n) is 2.80. The van der Waals surface area contributed by atoms with Gasteiger partial charge in [-0.25, -0.2) is 0 Å². The second-order valence-corrected chi connectivity index (χ2v) is 3.88. The van der Waals surface area contributed by atoms with Gasteiger partial charge in [0.2, 0.25) is 5.91 Å². The van der Waals surface area contributed by atoms with Crippen molar-refractivity contribution in [3.05, 3.63) is 0 Å². The van der Waals surface area contributed by atoms with Crippen LogP contribution in [0.4, 0.5) is 0 Å². The molecule has 0 saturated heterocycles. The van der Waals surface area contributed by atoms with E-state index >= 15 is 0 Å². The van der Waals surface area contributed by atoms with Gasteiger partial charge < -0.3 is 4.90 Å². The summed E-state index contributed by atoms with van der Waals surface area (Å²) >= 11 is 4.10. The van der Waals surface area contributed by atoms with Gasteiger partial charge in [-0.3, -0.25) is 4.79 Å². The zero-order valence-corrected chi connectivity index (χ0v) is 7.20. The molecule has 0 radical (unpaired) electrons. The normalized spacial score (nSPS) is 11.2. The predicted molar refractivity (Wildman–Crippen MR) is 41.8 cm³/mol. The molecule has 0 aliphatic rings. The topological polar surface area (TPSA) is 20.3 Å². The fourth-order valence-corrected chi connectivity index (χ4v) is 0.747. The maximum Gasteiger partial charge on any atom is 0.237 e. The van der Waals surface area contributed by atoms with Gasteiger partial charge in [-0.1, -0.05) is 0 Å². The monoisotopic (exact) mass is 147 g/mol. The van der Waals surface area contributed by atoms with Gasteiger partial charge in [0.25, 0.3) is 0 Å². The SMILES string of the molecule is CN(C)C(=O)C(C)(C)S. The Kier molecular flexibility index (Phi) is 2.55. The van der Waals surface area contributed by atoms with E-state index in [4.69, 9.17) is 0 Å². The first-order chi connectivity index (χ1) is 3.85. The largest absolute Gasteiger partial charge is 0.348 e. The Morgan fingerprint density at radius 3 is 1.78 bits per heavy atom. The fraction of sp³-hybridized carbons (Fsp3) is 0.833. The minimum atomic E-state index is -0.538. The van der Waals surface area contributed by atoms with Gasteiger partial charge >= 0.3 is 0 Å². The van der Waals surface area contributed by atoms with Crippen LogP contribution in [-0.4, -0.2) is 29.6 Å². The molecule has 0 saturated carbocycles. The van der Waals surface area contributed by atoms with E-state index in [1.54, 1.807) is 27.9 Å². The number of rotatable bonds is 1. The van der Waals surface area contributed by atoms with Crippen molar-refractivity contribution in [2.75, 3.05) is 14.1 Å². The number of carbonyl (C=O) groups is 1. The van der Waals surface area contributed by atoms with Gasteiger partial charge in [0.1, 0.15) is 0 Å². The molecule has 1 amide bonds. The van der Waals surface area contributed by atoms with Gasteiger partial charge in [0.05, 0.1) is 4.75 Å². The van der Waals surface area contributed by atoms with Gasteiger partial charge in [0.15, 0.2) is 0 Å². The van der Waals surface area contributed by atoms with Crippen molar-refractivity contribution >= 4 is 18.5 Å². The summed E-state index contributed by atoms with van der Waals surface area (Å²) in [6.45, 7) is 3.55. The van der Waals surface area contributed by atoms with E-state index in [-0.39, 0.29) is 5.91 Å². The van der Waals surface area contributed by atoms with Crippen LogP contribution in [-0.2, 0) is 4.79 Å². The minimum Gasteiger partial charge on any atom is -0.348 e. The fourth-order valence-electron chi connectivity index (χ4n) is 0.547. The van der Waals surface area contributed by atoms with Crippen LogP contribution < -0.4 is 0 Å². The lowest BCUT2D eigenvalue weighted by atomic mass is 10.2. The number of carbonyl (C=O) groups excluding carboxylic acids is 1. The van der Waals surface area contributed by atoms with Crippen LogP contribution in [0.1, 0.15) is 13.8 Å². The first kappa shape index (κ1) is 8.82. The van der Waals surface area contributed by atoms with E-state index in [9.17, 15) is 4.79 Å². The highest BCUT2D eigenvalue weighted by Gasteiger charge is 2.23. The van der Waals surface area contributed by atoms with E-state index in [0.717, 1.165) is 0 Å². The summed E-state index contributed by atoms with van der Waals surface area (Å²) in [5, 5.41) is 0. The van der Waals surface area contributed by atoms with Crippen LogP contribution in [0, 0.1) is 0 Å². The van der Waals surface area contributed by atoms with Crippen molar-refractivity contribution in [2.45, 2.75) is 18.6 Å². The third kappa shape index (κ3) is 2.75. The van der Waals surface area contributed by atoms with Gasteiger partial charge in [-0.2, -0.15) is 12.6 Å². The van der Waals surface area contributed by atoms with Crippen LogP contribution in [0.3, 0.4) is 0 Å². The lowest BCUT2D eigenvalue weighted by molar-refractivity contribution is -0.130. The third-order valence-electron chi connectivity index (χ3n) is 0.930. The molecule has 0 atom stereocenters. The Labute approximate surface area is 61.6 Å². The second-order valence-electron chi connectivity index (χ2n) is 2.76. The van der Waals surface area contributed by atoms with E-state index in [1.165, 1.54) is 4.90 Å². The summed E-state index contributed by atoms with van der Waals surface area (Å²) < 4.78 is -0.538. The molecule has 2 nitrogen and oxygen atoms in total. The average Bonchev–Trinajstić information content (AvgIpc) is 1.62. The van der Waals surface area contributed by atoms with Crippen LogP contribution in [0.25, 0.3) is 0 Å². The highest BCUT2D eigenvalue weighted by atomic mass is 32.1. The van der Waals surface area contributed by atoms with Gasteiger partial charge in [-0.15, -0.1) is 0 Å². The summed E-state index contributed by atoms with van der Waals surface area (Å²) in [6.07, 6.45) is 0. The Bertz CT molecular complexity index is 115. The Balaban J connectivity index is 4.06. The molecule has 3 heteroatoms. The van der Waals surface area contributed by atoms with Crippen LogP contribution in [0.2, 0.25) is 0 Å². The molecule has 0 heterocycles. The number of hydrogen-bond donors (Lipinski definition) is 1. The molecule has 0 spiro atoms. The lowest BCUT2D eigenvalue weighted by Crippen LogP contribution is -2.36. The molecule has 0 bridgehead atoms. The van der Waals surface area contributed by atoms with E-state index in [0.29, 0.717) is 0 Å². The summed E-state index contributed by atoms with van der Waals surface area (Å²) in [6, 6.07) is 0. The van der Waals surface area contributed by atoms with Crippen LogP contribution in [0.5, 0.6) is 0 Å². The molecule has 0 fully saturated rings. The molecule has 0 N–H and O–H groups in total. The van der Waals surface area contributed by atoms with Gasteiger partial charge in [-0.05, 0) is 13.8 Å². The Morgan fingerprint density at radius 1 is 1.44 bits per heavy atom. The molecule has 0 rings (SSSR count). The van der Waals surface area contributed by atoms with Crippen molar-refractivity contribution in [2.24, 2.45) is 0 Å². The number of thiol groups is 1. The molecule has 9 heavy (non-hydrogen) atoms. The molecular weight excluding hydrogens is 134 g/mol. The lowest BCUT2D eigenvalue weighted by Gasteiger charge is -2.20. The first-order valence-corrected chi connectivity index (χ1v) is 3.24. The minimum absolute atomic E-state index is 0.0332. The molecule has 54 valence electrons. The highest BCUT2D eigenvalue weighted by molar-refractivity contribution is 7.82. The Hall–Kier alpha value is -0.180. The molecule has 0 unspecified atom stereocenters.